The third-order valence-corrected chi connectivity index (χ3v) is 7.44. The van der Waals surface area contributed by atoms with Crippen molar-refractivity contribution in [3.8, 4) is 10.6 Å². The molecular weight excluding hydrogens is 494 g/mol. The molecule has 0 saturated heterocycles. The van der Waals surface area contributed by atoms with E-state index in [9.17, 15) is 23.1 Å². The number of aliphatic imine (C=N–C) groups is 1. The molecule has 184 valence electrons. The van der Waals surface area contributed by atoms with Gasteiger partial charge in [0.25, 0.3) is 5.91 Å². The molecule has 3 aromatic rings. The third kappa shape index (κ3) is 6.26. The molecule has 1 unspecified atom stereocenters. The van der Waals surface area contributed by atoms with E-state index in [0.29, 0.717) is 11.7 Å². The second-order valence-electron chi connectivity index (χ2n) is 7.50. The van der Waals surface area contributed by atoms with Crippen molar-refractivity contribution < 1.29 is 27.5 Å². The molecule has 5 N–H and O–H groups in total. The number of hydrogen-bond donors (Lipinski definition) is 5. The number of amides is 1. The van der Waals surface area contributed by atoms with Crippen LogP contribution in [0.15, 0.2) is 68.9 Å². The Morgan fingerprint density at radius 1 is 1.14 bits per heavy atom. The Morgan fingerprint density at radius 2 is 1.94 bits per heavy atom. The second kappa shape index (κ2) is 10.7. The number of furan rings is 1. The summed E-state index contributed by atoms with van der Waals surface area (Å²) in [5, 5.41) is 19.1. The van der Waals surface area contributed by atoms with E-state index in [-0.39, 0.29) is 10.7 Å². The van der Waals surface area contributed by atoms with Gasteiger partial charge in [-0.05, 0) is 42.8 Å². The van der Waals surface area contributed by atoms with Gasteiger partial charge in [0.1, 0.15) is 11.8 Å². The van der Waals surface area contributed by atoms with Gasteiger partial charge >= 0.3 is 5.97 Å². The summed E-state index contributed by atoms with van der Waals surface area (Å²) >= 11 is 1.42. The number of carboxylic acids is 1. The van der Waals surface area contributed by atoms with Crippen LogP contribution >= 0.6 is 11.3 Å². The lowest BCUT2D eigenvalue weighted by Crippen LogP contribution is -2.48. The third-order valence-electron chi connectivity index (χ3n) is 4.93. The van der Waals surface area contributed by atoms with Crippen molar-refractivity contribution in [2.75, 3.05) is 25.0 Å². The number of sulfonamides is 1. The average Bonchev–Trinajstić information content (AvgIpc) is 3.52. The Hall–Kier alpha value is -3.68. The topological polar surface area (TPSA) is 162 Å². The van der Waals surface area contributed by atoms with Crippen LogP contribution in [0.3, 0.4) is 0 Å². The first-order valence-electron chi connectivity index (χ1n) is 10.7. The summed E-state index contributed by atoms with van der Waals surface area (Å²) in [6.07, 6.45) is 0.990. The molecule has 1 atom stereocenters. The lowest BCUT2D eigenvalue weighted by Gasteiger charge is -2.15. The molecule has 1 amide bonds. The standard InChI is InChI=1S/C22H23N5O6S2/c28-20(25-13-15(21(29)30)27-35(31,32)14-5-2-1-3-6-14)17-8-7-16(33-17)18-9-10-19(34-18)26-22-23-11-4-12-24-22/h1-3,5-10,15,27H,4,11-13H2,(H,25,28)(H,29,30)(H2,23,24,26). The van der Waals surface area contributed by atoms with E-state index in [1.807, 2.05) is 12.1 Å². The molecule has 1 aliphatic rings. The first-order valence-corrected chi connectivity index (χ1v) is 13.0. The number of benzene rings is 1. The molecule has 11 nitrogen and oxygen atoms in total. The number of nitrogens with one attached hydrogen (secondary N) is 4. The predicted octanol–water partition coefficient (Wildman–Crippen LogP) is 1.93. The first-order chi connectivity index (χ1) is 16.8. The number of rotatable bonds is 9. The van der Waals surface area contributed by atoms with Crippen molar-refractivity contribution in [2.45, 2.75) is 17.4 Å². The van der Waals surface area contributed by atoms with E-state index in [2.05, 4.69) is 25.7 Å². The second-order valence-corrected chi connectivity index (χ2v) is 10.3. The molecule has 4 rings (SSSR count). The number of carbonyl (C=O) groups excluding carboxylic acids is 1. The van der Waals surface area contributed by atoms with Gasteiger partial charge < -0.3 is 25.5 Å². The minimum Gasteiger partial charge on any atom is -0.480 e. The summed E-state index contributed by atoms with van der Waals surface area (Å²) in [6, 6.07) is 12.6. The minimum absolute atomic E-state index is 0.0312. The predicted molar refractivity (Wildman–Crippen MR) is 131 cm³/mol. The zero-order chi connectivity index (χ0) is 24.8. The Morgan fingerprint density at radius 3 is 2.66 bits per heavy atom. The fourth-order valence-corrected chi connectivity index (χ4v) is 5.26. The smallest absolute Gasteiger partial charge is 0.323 e. The number of thiophene rings is 1. The van der Waals surface area contributed by atoms with Crippen LogP contribution in [0.25, 0.3) is 10.6 Å². The quantitative estimate of drug-likeness (QED) is 0.288. The first kappa shape index (κ1) is 24.4. The van der Waals surface area contributed by atoms with E-state index in [1.54, 1.807) is 12.1 Å². The lowest BCUT2D eigenvalue weighted by molar-refractivity contribution is -0.138. The summed E-state index contributed by atoms with van der Waals surface area (Å²) in [4.78, 5) is 29.1. The fraction of sp³-hybridized carbons (Fsp3) is 0.227. The van der Waals surface area contributed by atoms with Crippen molar-refractivity contribution in [1.82, 2.24) is 15.4 Å². The van der Waals surface area contributed by atoms with Crippen LogP contribution in [0, 0.1) is 0 Å². The zero-order valence-electron chi connectivity index (χ0n) is 18.4. The molecule has 0 radical (unpaired) electrons. The van der Waals surface area contributed by atoms with Crippen molar-refractivity contribution >= 4 is 44.2 Å². The number of nitrogens with zero attached hydrogens (tertiary/aromatic N) is 1. The summed E-state index contributed by atoms with van der Waals surface area (Å²) in [5.41, 5.74) is 0. The highest BCUT2D eigenvalue weighted by Gasteiger charge is 2.26. The minimum atomic E-state index is -4.08. The van der Waals surface area contributed by atoms with Crippen LogP contribution < -0.4 is 20.7 Å². The number of guanidine groups is 1. The Balaban J connectivity index is 1.37. The van der Waals surface area contributed by atoms with Crippen LogP contribution in [0.2, 0.25) is 0 Å². The van der Waals surface area contributed by atoms with E-state index in [0.717, 1.165) is 29.4 Å². The zero-order valence-corrected chi connectivity index (χ0v) is 20.0. The van der Waals surface area contributed by atoms with Crippen LogP contribution in [-0.2, 0) is 14.8 Å². The maximum Gasteiger partial charge on any atom is 0.323 e. The highest BCUT2D eigenvalue weighted by atomic mass is 32.2. The summed E-state index contributed by atoms with van der Waals surface area (Å²) < 4.78 is 32.6. The molecule has 1 aliphatic heterocycles. The van der Waals surface area contributed by atoms with Gasteiger partial charge in [-0.25, -0.2) is 8.42 Å². The molecule has 0 fully saturated rings. The van der Waals surface area contributed by atoms with E-state index < -0.39 is 34.5 Å². The molecule has 0 aliphatic carbocycles. The van der Waals surface area contributed by atoms with Gasteiger partial charge in [0.15, 0.2) is 11.7 Å². The number of anilines is 1. The van der Waals surface area contributed by atoms with Gasteiger partial charge in [-0.1, -0.05) is 18.2 Å². The Bertz CT molecular complexity index is 1330. The monoisotopic (exact) mass is 517 g/mol. The van der Waals surface area contributed by atoms with Gasteiger partial charge in [-0.15, -0.1) is 11.3 Å². The fourth-order valence-electron chi connectivity index (χ4n) is 3.18. The largest absolute Gasteiger partial charge is 0.480 e. The molecule has 2 aromatic heterocycles. The summed E-state index contributed by atoms with van der Waals surface area (Å²) in [6.45, 7) is 1.15. The maximum absolute atomic E-state index is 12.5. The van der Waals surface area contributed by atoms with Crippen LogP contribution in [0.4, 0.5) is 5.00 Å². The van der Waals surface area contributed by atoms with Gasteiger partial charge in [0, 0.05) is 19.6 Å². The van der Waals surface area contributed by atoms with Crippen molar-refractivity contribution in [1.29, 1.82) is 0 Å². The van der Waals surface area contributed by atoms with Gasteiger partial charge in [0.2, 0.25) is 10.0 Å². The number of aliphatic carboxylic acids is 1. The van der Waals surface area contributed by atoms with Crippen molar-refractivity contribution in [2.24, 2.45) is 4.99 Å². The molecule has 0 bridgehead atoms. The average molecular weight is 518 g/mol. The Kier molecular flexibility index (Phi) is 7.48. The van der Waals surface area contributed by atoms with E-state index in [4.69, 9.17) is 4.42 Å². The van der Waals surface area contributed by atoms with Crippen molar-refractivity contribution in [3.63, 3.8) is 0 Å². The summed E-state index contributed by atoms with van der Waals surface area (Å²) in [5.74, 6) is -0.958. The summed E-state index contributed by atoms with van der Waals surface area (Å²) in [7, 11) is -4.08. The van der Waals surface area contributed by atoms with Gasteiger partial charge in [-0.3, -0.25) is 14.6 Å². The molecule has 3 heterocycles. The molecule has 1 aromatic carbocycles. The van der Waals surface area contributed by atoms with Crippen molar-refractivity contribution in [3.05, 3.63) is 60.4 Å². The molecule has 35 heavy (non-hydrogen) atoms. The van der Waals surface area contributed by atoms with Gasteiger partial charge in [-0.2, -0.15) is 4.72 Å². The molecule has 13 heteroatoms. The van der Waals surface area contributed by atoms with Crippen LogP contribution in [0.1, 0.15) is 17.0 Å². The van der Waals surface area contributed by atoms with E-state index >= 15 is 0 Å². The number of hydrogen-bond acceptors (Lipinski definition) is 9. The number of carbonyl (C=O) groups is 2. The van der Waals surface area contributed by atoms with Crippen LogP contribution in [-0.4, -0.2) is 57.0 Å². The SMILES string of the molecule is O=C(NCC(NS(=O)(=O)c1ccccc1)C(=O)O)c1ccc(-c2ccc(NC3=NCCCN3)s2)o1. The lowest BCUT2D eigenvalue weighted by atomic mass is 10.3. The normalized spacial score (nSPS) is 14.5. The molecule has 0 spiro atoms. The maximum atomic E-state index is 12.5. The Labute approximate surface area is 205 Å². The highest BCUT2D eigenvalue weighted by molar-refractivity contribution is 7.89. The molecular formula is C22H23N5O6S2. The van der Waals surface area contributed by atoms with E-state index in [1.165, 1.54) is 41.7 Å². The van der Waals surface area contributed by atoms with Gasteiger partial charge in [0.05, 0.1) is 14.8 Å². The molecule has 0 saturated carbocycles. The highest BCUT2D eigenvalue weighted by Crippen LogP contribution is 2.32. The number of carboxylic acid groups (broad SMARTS) is 1. The van der Waals surface area contributed by atoms with Crippen LogP contribution in [0.5, 0.6) is 0 Å².